The number of allylic oxidation sites excluding steroid dienone is 1. The van der Waals surface area contributed by atoms with Gasteiger partial charge in [0.05, 0.1) is 5.54 Å². The zero-order chi connectivity index (χ0) is 35.2. The zero-order valence-corrected chi connectivity index (χ0v) is 29.5. The number of aromatic nitrogens is 1. The average Bonchev–Trinajstić information content (AvgIpc) is 3.63. The van der Waals surface area contributed by atoms with Gasteiger partial charge in [-0.15, -0.1) is 0 Å². The summed E-state index contributed by atoms with van der Waals surface area (Å²) >= 11 is 0. The van der Waals surface area contributed by atoms with Crippen LogP contribution in [0.4, 0.5) is 11.4 Å². The average molecular weight is 676 g/mol. The van der Waals surface area contributed by atoms with Gasteiger partial charge in [0.1, 0.15) is 5.84 Å². The second kappa shape index (κ2) is 12.8. The van der Waals surface area contributed by atoms with Gasteiger partial charge in [0.2, 0.25) is 0 Å². The SMILES string of the molecule is CC1C=Cc2c3c(n(-c4cccc(C(N=Cc5ccccc5)N=C(N)c5ccccc5)c4)c2C1)CC1(C)C(=C3)c2ccccc2N1c1ccccc1. The maximum Gasteiger partial charge on any atom is 0.167 e. The molecule has 3 aliphatic rings. The van der Waals surface area contributed by atoms with Crippen molar-refractivity contribution in [3.63, 3.8) is 0 Å². The summed E-state index contributed by atoms with van der Waals surface area (Å²) in [7, 11) is 0. The molecule has 3 unspecified atom stereocenters. The van der Waals surface area contributed by atoms with Gasteiger partial charge in [0.15, 0.2) is 6.17 Å². The Balaban J connectivity index is 1.20. The molecular weight excluding hydrogens is 635 g/mol. The number of fused-ring (bicyclic) bond motifs is 6. The number of hydrogen-bond acceptors (Lipinski definition) is 3. The molecule has 0 amide bonds. The number of anilines is 2. The lowest BCUT2D eigenvalue weighted by molar-refractivity contribution is 0.575. The Morgan fingerprint density at radius 1 is 0.788 bits per heavy atom. The Morgan fingerprint density at radius 2 is 1.48 bits per heavy atom. The lowest BCUT2D eigenvalue weighted by Gasteiger charge is -2.40. The number of rotatable bonds is 7. The fourth-order valence-corrected chi connectivity index (χ4v) is 8.36. The number of nitrogens with two attached hydrogens (primary N) is 1. The van der Waals surface area contributed by atoms with Gasteiger partial charge in [-0.05, 0) is 66.8 Å². The summed E-state index contributed by atoms with van der Waals surface area (Å²) in [6, 6.07) is 48.6. The predicted octanol–water partition coefficient (Wildman–Crippen LogP) is 10.2. The molecule has 5 heteroatoms. The Kier molecular flexibility index (Phi) is 7.84. The molecule has 0 saturated carbocycles. The van der Waals surface area contributed by atoms with Gasteiger partial charge in [0, 0.05) is 68.9 Å². The Bertz CT molecular complexity index is 2400. The standard InChI is InChI=1S/C47H41N5/c1-32-25-26-38-40-29-41-39-23-12-13-24-42(39)52(36-20-10-5-11-21-36)47(41,2)30-44(40)51(43(38)27-32)37-22-14-19-35(28-37)46(49-31-33-15-6-3-7-16-33)50-45(48)34-17-8-4-9-18-34/h3-26,28-29,31-32,46H,27,30H2,1-2H3,(H2,48,50). The minimum atomic E-state index is -0.525. The molecule has 1 aliphatic heterocycles. The third kappa shape index (κ3) is 5.41. The third-order valence-electron chi connectivity index (χ3n) is 10.8. The van der Waals surface area contributed by atoms with Crippen molar-refractivity contribution in [3.8, 4) is 5.69 Å². The molecular formula is C47H41N5. The molecule has 0 bridgehead atoms. The zero-order valence-electron chi connectivity index (χ0n) is 29.5. The molecule has 0 fully saturated rings. The maximum atomic E-state index is 6.65. The van der Waals surface area contributed by atoms with E-state index in [0.29, 0.717) is 11.8 Å². The van der Waals surface area contributed by atoms with Gasteiger partial charge < -0.3 is 15.2 Å². The predicted molar refractivity (Wildman–Crippen MR) is 217 cm³/mol. The lowest BCUT2D eigenvalue weighted by atomic mass is 9.78. The maximum absolute atomic E-state index is 6.65. The fraction of sp³-hybridized carbons (Fsp3) is 0.149. The van der Waals surface area contributed by atoms with Gasteiger partial charge in [-0.25, -0.2) is 4.99 Å². The van der Waals surface area contributed by atoms with E-state index in [1.807, 2.05) is 54.7 Å². The number of para-hydroxylation sites is 2. The highest BCUT2D eigenvalue weighted by Crippen LogP contribution is 2.56. The molecule has 9 rings (SSSR count). The summed E-state index contributed by atoms with van der Waals surface area (Å²) in [4.78, 5) is 12.6. The topological polar surface area (TPSA) is 58.9 Å². The van der Waals surface area contributed by atoms with Gasteiger partial charge in [-0.2, -0.15) is 0 Å². The van der Waals surface area contributed by atoms with E-state index in [9.17, 15) is 0 Å². The van der Waals surface area contributed by atoms with Crippen molar-refractivity contribution in [1.82, 2.24) is 4.57 Å². The first-order valence-corrected chi connectivity index (χ1v) is 18.2. The molecule has 2 aliphatic carbocycles. The molecule has 0 radical (unpaired) electrons. The molecule has 2 N–H and O–H groups in total. The van der Waals surface area contributed by atoms with Crippen molar-refractivity contribution >= 4 is 41.2 Å². The fourth-order valence-electron chi connectivity index (χ4n) is 8.36. The number of benzene rings is 5. The van der Waals surface area contributed by atoms with Crippen LogP contribution in [0, 0.1) is 5.92 Å². The van der Waals surface area contributed by atoms with E-state index in [-0.39, 0.29) is 5.54 Å². The summed E-state index contributed by atoms with van der Waals surface area (Å²) in [5.74, 6) is 0.900. The van der Waals surface area contributed by atoms with Crippen LogP contribution in [0.2, 0.25) is 0 Å². The van der Waals surface area contributed by atoms with Gasteiger partial charge in [-0.1, -0.05) is 128 Å². The first-order chi connectivity index (χ1) is 25.5. The van der Waals surface area contributed by atoms with Crippen molar-refractivity contribution in [2.45, 2.75) is 38.4 Å². The van der Waals surface area contributed by atoms with E-state index in [1.165, 1.54) is 45.0 Å². The van der Waals surface area contributed by atoms with E-state index in [2.05, 4.69) is 133 Å². The van der Waals surface area contributed by atoms with E-state index in [0.717, 1.165) is 35.2 Å². The smallest absolute Gasteiger partial charge is 0.167 e. The van der Waals surface area contributed by atoms with Crippen LogP contribution in [0.15, 0.2) is 156 Å². The first-order valence-electron chi connectivity index (χ1n) is 18.2. The molecule has 5 aromatic carbocycles. The number of nitrogens with zero attached hydrogens (tertiary/aromatic N) is 4. The Hall–Kier alpha value is -6.20. The largest absolute Gasteiger partial charge is 0.383 e. The van der Waals surface area contributed by atoms with E-state index < -0.39 is 6.17 Å². The van der Waals surface area contributed by atoms with Crippen molar-refractivity contribution in [2.75, 3.05) is 4.90 Å². The molecule has 5 nitrogen and oxygen atoms in total. The van der Waals surface area contributed by atoms with Crippen LogP contribution in [0.3, 0.4) is 0 Å². The Morgan fingerprint density at radius 3 is 2.27 bits per heavy atom. The molecule has 6 aromatic rings. The summed E-state index contributed by atoms with van der Waals surface area (Å²) in [5.41, 5.74) is 20.9. The van der Waals surface area contributed by atoms with Crippen molar-refractivity contribution in [1.29, 1.82) is 0 Å². The first kappa shape index (κ1) is 31.8. The molecule has 0 saturated heterocycles. The highest BCUT2D eigenvalue weighted by Gasteiger charge is 2.48. The molecule has 1 aromatic heterocycles. The summed E-state index contributed by atoms with van der Waals surface area (Å²) in [6.07, 6.45) is 10.4. The molecule has 2 heterocycles. The van der Waals surface area contributed by atoms with Crippen molar-refractivity contribution in [3.05, 3.63) is 190 Å². The van der Waals surface area contributed by atoms with Crippen LogP contribution in [0.25, 0.3) is 23.4 Å². The summed E-state index contributed by atoms with van der Waals surface area (Å²) in [6.45, 7) is 4.72. The molecule has 52 heavy (non-hydrogen) atoms. The van der Waals surface area contributed by atoms with Crippen LogP contribution < -0.4 is 10.6 Å². The van der Waals surface area contributed by atoms with Gasteiger partial charge in [0.25, 0.3) is 0 Å². The molecule has 0 spiro atoms. The molecule has 254 valence electrons. The normalized spacial score (nSPS) is 19.5. The quantitative estimate of drug-likeness (QED) is 0.135. The van der Waals surface area contributed by atoms with Gasteiger partial charge >= 0.3 is 0 Å². The second-order valence-electron chi connectivity index (χ2n) is 14.3. The third-order valence-corrected chi connectivity index (χ3v) is 10.8. The number of amidine groups is 1. The lowest BCUT2D eigenvalue weighted by Crippen LogP contribution is -2.44. The highest BCUT2D eigenvalue weighted by atomic mass is 15.2. The van der Waals surface area contributed by atoms with Crippen molar-refractivity contribution < 1.29 is 0 Å². The van der Waals surface area contributed by atoms with Crippen molar-refractivity contribution in [2.24, 2.45) is 21.6 Å². The van der Waals surface area contributed by atoms with Crippen LogP contribution in [0.5, 0.6) is 0 Å². The summed E-state index contributed by atoms with van der Waals surface area (Å²) in [5, 5.41) is 0. The van der Waals surface area contributed by atoms with E-state index in [1.54, 1.807) is 0 Å². The summed E-state index contributed by atoms with van der Waals surface area (Å²) < 4.78 is 2.54. The van der Waals surface area contributed by atoms with Crippen LogP contribution in [-0.4, -0.2) is 22.2 Å². The minimum absolute atomic E-state index is 0.277. The second-order valence-corrected chi connectivity index (χ2v) is 14.3. The minimum Gasteiger partial charge on any atom is -0.383 e. The molecule has 3 atom stereocenters. The number of aliphatic imine (C=N–C) groups is 2. The van der Waals surface area contributed by atoms with Crippen LogP contribution in [-0.2, 0) is 12.8 Å². The van der Waals surface area contributed by atoms with E-state index in [4.69, 9.17) is 15.7 Å². The van der Waals surface area contributed by atoms with E-state index >= 15 is 0 Å². The van der Waals surface area contributed by atoms with Gasteiger partial charge in [-0.3, -0.25) is 4.99 Å². The Labute approximate surface area is 305 Å². The number of hydrogen-bond donors (Lipinski definition) is 1. The monoisotopic (exact) mass is 675 g/mol. The highest BCUT2D eigenvalue weighted by molar-refractivity contribution is 6.04. The van der Waals surface area contributed by atoms with Crippen LogP contribution in [0.1, 0.15) is 64.8 Å². The van der Waals surface area contributed by atoms with Crippen LogP contribution >= 0.6 is 0 Å².